The van der Waals surface area contributed by atoms with E-state index >= 15 is 0 Å². The molecule has 44 valence electrons. The summed E-state index contributed by atoms with van der Waals surface area (Å²) < 4.78 is 0.925. The van der Waals surface area contributed by atoms with Crippen LogP contribution in [0, 0.1) is 0 Å². The van der Waals surface area contributed by atoms with E-state index in [9.17, 15) is 0 Å². The minimum atomic E-state index is -1.55. The van der Waals surface area contributed by atoms with Crippen molar-refractivity contribution in [1.82, 2.24) is 0 Å². The molecule has 0 aliphatic carbocycles. The van der Waals surface area contributed by atoms with Crippen LogP contribution in [0.25, 0.3) is 0 Å². The molecule has 0 aromatic rings. The zero-order valence-corrected chi connectivity index (χ0v) is 9.90. The number of hydrogen-bond donors (Lipinski definition) is 0. The van der Waals surface area contributed by atoms with Crippen molar-refractivity contribution >= 4 is 28.9 Å². The van der Waals surface area contributed by atoms with Gasteiger partial charge in [0.1, 0.15) is 0 Å². The second-order valence-corrected chi connectivity index (χ2v) is 28.7. The van der Waals surface area contributed by atoms with Crippen LogP contribution < -0.4 is 0 Å². The Labute approximate surface area is 56.3 Å². The molecule has 0 aromatic carbocycles. The van der Waals surface area contributed by atoms with Crippen LogP contribution >= 0.6 is 12.7 Å². The van der Waals surface area contributed by atoms with Crippen molar-refractivity contribution in [1.29, 1.82) is 0 Å². The van der Waals surface area contributed by atoms with E-state index in [2.05, 4.69) is 36.4 Å². The Morgan fingerprint density at radius 2 is 1.43 bits per heavy atom. The van der Waals surface area contributed by atoms with E-state index in [4.69, 9.17) is 0 Å². The van der Waals surface area contributed by atoms with Gasteiger partial charge in [-0.05, 0) is 0 Å². The average Bonchev–Trinajstić information content (AvgIpc) is 1.31. The SMILES string of the molecule is C[CH](C)[Sn]([CH3])([CH3])[Br]. The van der Waals surface area contributed by atoms with Crippen LogP contribution in [-0.4, -0.2) is 16.2 Å². The molecule has 7 heavy (non-hydrogen) atoms. The van der Waals surface area contributed by atoms with Gasteiger partial charge in [0, 0.05) is 0 Å². The van der Waals surface area contributed by atoms with Gasteiger partial charge in [-0.15, -0.1) is 0 Å². The fraction of sp³-hybridized carbons (Fsp3) is 1.00. The van der Waals surface area contributed by atoms with Crippen LogP contribution in [0.2, 0.25) is 13.8 Å². The summed E-state index contributed by atoms with van der Waals surface area (Å²) >= 11 is 2.20. The van der Waals surface area contributed by atoms with Crippen molar-refractivity contribution in [3.8, 4) is 0 Å². The third-order valence-corrected chi connectivity index (χ3v) is 15.4. The van der Waals surface area contributed by atoms with Gasteiger partial charge >= 0.3 is 56.5 Å². The third-order valence-electron chi connectivity index (χ3n) is 1.37. The van der Waals surface area contributed by atoms with E-state index < -0.39 is 16.2 Å². The van der Waals surface area contributed by atoms with Gasteiger partial charge in [0.15, 0.2) is 0 Å². The van der Waals surface area contributed by atoms with Gasteiger partial charge in [0.2, 0.25) is 0 Å². The predicted molar refractivity (Wildman–Crippen MR) is 41.5 cm³/mol. The van der Waals surface area contributed by atoms with Crippen LogP contribution in [0.3, 0.4) is 0 Å². The normalized spacial score (nSPS) is 12.9. The molecule has 0 atom stereocenters. The molecule has 0 saturated carbocycles. The second-order valence-electron chi connectivity index (χ2n) is 2.72. The monoisotopic (exact) mass is 272 g/mol. The summed E-state index contributed by atoms with van der Waals surface area (Å²) in [5.74, 6) is 0. The van der Waals surface area contributed by atoms with E-state index in [1.54, 1.807) is 0 Å². The molecule has 0 bridgehead atoms. The Kier molecular flexibility index (Phi) is 3.21. The standard InChI is InChI=1S/C3H7.2CH3.BrH.Sn/c1-3-2;;;;/h3H,1-2H3;2*1H3;1H;/q;;;;+1/p-1. The molecule has 0 aliphatic heterocycles. The van der Waals surface area contributed by atoms with Gasteiger partial charge in [-0.2, -0.15) is 0 Å². The Morgan fingerprint density at radius 3 is 1.43 bits per heavy atom. The van der Waals surface area contributed by atoms with Gasteiger partial charge < -0.3 is 0 Å². The summed E-state index contributed by atoms with van der Waals surface area (Å²) in [6.07, 6.45) is 0. The number of rotatable bonds is 1. The molecule has 0 rings (SSSR count). The molecule has 0 N–H and O–H groups in total. The van der Waals surface area contributed by atoms with Gasteiger partial charge in [-0.3, -0.25) is 0 Å². The third kappa shape index (κ3) is 3.83. The zero-order chi connectivity index (χ0) is 6.08. The van der Waals surface area contributed by atoms with Crippen molar-refractivity contribution in [3.05, 3.63) is 0 Å². The molecule has 0 spiro atoms. The summed E-state index contributed by atoms with van der Waals surface area (Å²) in [5, 5.41) is 0. The molecular weight excluding hydrogens is 259 g/mol. The topological polar surface area (TPSA) is 0 Å². The van der Waals surface area contributed by atoms with Crippen LogP contribution in [0.15, 0.2) is 0 Å². The van der Waals surface area contributed by atoms with Gasteiger partial charge in [-0.1, -0.05) is 0 Å². The summed E-state index contributed by atoms with van der Waals surface area (Å²) in [6.45, 7) is 4.59. The van der Waals surface area contributed by atoms with Gasteiger partial charge in [0.05, 0.1) is 0 Å². The van der Waals surface area contributed by atoms with E-state index in [1.807, 2.05) is 0 Å². The zero-order valence-electron chi connectivity index (χ0n) is 5.46. The first-order valence-corrected chi connectivity index (χ1v) is 16.4. The Balaban J connectivity index is 3.54. The predicted octanol–water partition coefficient (Wildman–Crippen LogP) is 3.00. The molecular formula is C5H13BrSn. The molecule has 0 amide bonds. The van der Waals surface area contributed by atoms with Crippen LogP contribution in [-0.2, 0) is 0 Å². The second kappa shape index (κ2) is 2.72. The minimum absolute atomic E-state index is 0.925. The molecule has 0 nitrogen and oxygen atoms in total. The molecule has 0 aliphatic rings. The van der Waals surface area contributed by atoms with Gasteiger partial charge in [0.25, 0.3) is 0 Å². The molecule has 2 heteroatoms. The first-order valence-electron chi connectivity index (χ1n) is 2.63. The van der Waals surface area contributed by atoms with Gasteiger partial charge in [-0.25, -0.2) is 0 Å². The summed E-state index contributed by atoms with van der Waals surface area (Å²) in [5.41, 5.74) is 0. The molecule has 0 aromatic heterocycles. The van der Waals surface area contributed by atoms with Crippen molar-refractivity contribution < 1.29 is 0 Å². The summed E-state index contributed by atoms with van der Waals surface area (Å²) in [7, 11) is 0. The van der Waals surface area contributed by atoms with Crippen LogP contribution in [0.4, 0.5) is 0 Å². The van der Waals surface area contributed by atoms with Crippen molar-refractivity contribution in [3.63, 3.8) is 0 Å². The number of hydrogen-bond acceptors (Lipinski definition) is 0. The molecule has 0 radical (unpaired) electrons. The van der Waals surface area contributed by atoms with E-state index in [0.29, 0.717) is 0 Å². The molecule has 0 fully saturated rings. The van der Waals surface area contributed by atoms with E-state index in [-0.39, 0.29) is 0 Å². The van der Waals surface area contributed by atoms with Crippen LogP contribution in [0.5, 0.6) is 0 Å². The number of halogens is 1. The quantitative estimate of drug-likeness (QED) is 0.643. The Morgan fingerprint density at radius 1 is 1.29 bits per heavy atom. The molecule has 0 saturated heterocycles. The Bertz CT molecular complexity index is 53.6. The van der Waals surface area contributed by atoms with E-state index in [1.165, 1.54) is 0 Å². The average molecular weight is 272 g/mol. The van der Waals surface area contributed by atoms with Crippen molar-refractivity contribution in [2.45, 2.75) is 27.7 Å². The maximum absolute atomic E-state index is 3.75. The fourth-order valence-electron chi connectivity index (χ4n) is 0. The van der Waals surface area contributed by atoms with Crippen molar-refractivity contribution in [2.24, 2.45) is 0 Å². The molecule has 0 unspecified atom stereocenters. The van der Waals surface area contributed by atoms with Crippen LogP contribution in [0.1, 0.15) is 13.8 Å². The fourth-order valence-corrected chi connectivity index (χ4v) is 0. The first-order chi connectivity index (χ1) is 2.94. The van der Waals surface area contributed by atoms with Crippen molar-refractivity contribution in [2.75, 3.05) is 0 Å². The maximum atomic E-state index is 3.75. The molecule has 0 heterocycles. The van der Waals surface area contributed by atoms with E-state index in [0.717, 1.165) is 3.93 Å². The summed E-state index contributed by atoms with van der Waals surface area (Å²) in [6, 6.07) is 0. The first kappa shape index (κ1) is 8.28. The Hall–Kier alpha value is 1.28. The summed E-state index contributed by atoms with van der Waals surface area (Å²) in [4.78, 5) is 4.78.